The molecule has 0 bridgehead atoms. The van der Waals surface area contributed by atoms with Crippen LogP contribution in [0.15, 0.2) is 48.5 Å². The van der Waals surface area contributed by atoms with Crippen LogP contribution in [0.1, 0.15) is 25.3 Å². The number of piperidine rings is 1. The largest absolute Gasteiger partial charge is 0.393 e. The molecular weight excluding hydrogens is 338 g/mol. The Morgan fingerprint density at radius 1 is 1.07 bits per heavy atom. The average molecular weight is 365 g/mol. The van der Waals surface area contributed by atoms with Crippen molar-refractivity contribution < 1.29 is 9.90 Å². The van der Waals surface area contributed by atoms with Crippen molar-refractivity contribution in [3.8, 4) is 0 Å². The molecule has 0 aromatic heterocycles. The summed E-state index contributed by atoms with van der Waals surface area (Å²) in [5, 5.41) is 13.1. The Labute approximate surface area is 160 Å². The Morgan fingerprint density at radius 3 is 2.52 bits per heavy atom. The van der Waals surface area contributed by atoms with Crippen LogP contribution >= 0.6 is 0 Å². The molecule has 0 radical (unpaired) electrons. The fourth-order valence-electron chi connectivity index (χ4n) is 4.21. The van der Waals surface area contributed by atoms with E-state index in [1.54, 1.807) is 0 Å². The third-order valence-corrected chi connectivity index (χ3v) is 5.62. The molecule has 0 spiro atoms. The molecule has 2 aliphatic heterocycles. The molecule has 2 aromatic carbocycles. The molecule has 1 fully saturated rings. The van der Waals surface area contributed by atoms with Crippen LogP contribution in [0.2, 0.25) is 0 Å². The normalized spacial score (nSPS) is 19.9. The van der Waals surface area contributed by atoms with E-state index >= 15 is 0 Å². The topological polar surface area (TPSA) is 55.8 Å². The molecule has 5 heteroatoms. The van der Waals surface area contributed by atoms with E-state index in [-0.39, 0.29) is 24.6 Å². The lowest BCUT2D eigenvalue weighted by atomic mass is 10.1. The average Bonchev–Trinajstić information content (AvgIpc) is 3.03. The van der Waals surface area contributed by atoms with E-state index < -0.39 is 0 Å². The van der Waals surface area contributed by atoms with Crippen molar-refractivity contribution in [1.29, 1.82) is 0 Å². The zero-order chi connectivity index (χ0) is 18.8. The highest BCUT2D eigenvalue weighted by molar-refractivity contribution is 5.99. The number of amides is 1. The summed E-state index contributed by atoms with van der Waals surface area (Å²) in [7, 11) is 0. The van der Waals surface area contributed by atoms with Gasteiger partial charge >= 0.3 is 0 Å². The molecule has 5 nitrogen and oxygen atoms in total. The van der Waals surface area contributed by atoms with Crippen molar-refractivity contribution in [2.45, 2.75) is 38.3 Å². The number of rotatable bonds is 4. The van der Waals surface area contributed by atoms with Gasteiger partial charge in [-0.25, -0.2) is 0 Å². The highest BCUT2D eigenvalue weighted by Crippen LogP contribution is 2.32. The Balaban J connectivity index is 1.46. The molecule has 1 saturated heterocycles. The highest BCUT2D eigenvalue weighted by atomic mass is 16.3. The van der Waals surface area contributed by atoms with Crippen LogP contribution < -0.4 is 15.1 Å². The van der Waals surface area contributed by atoms with Gasteiger partial charge in [-0.3, -0.25) is 4.79 Å². The van der Waals surface area contributed by atoms with Crippen LogP contribution in [0.5, 0.6) is 0 Å². The number of carbonyl (C=O) groups excluding carboxylic acids is 1. The van der Waals surface area contributed by atoms with Gasteiger partial charge in [-0.15, -0.1) is 0 Å². The molecule has 27 heavy (non-hydrogen) atoms. The van der Waals surface area contributed by atoms with Crippen LogP contribution in [-0.4, -0.2) is 42.8 Å². The van der Waals surface area contributed by atoms with Crippen molar-refractivity contribution >= 4 is 23.0 Å². The summed E-state index contributed by atoms with van der Waals surface area (Å²) in [4.78, 5) is 17.1. The molecule has 2 N–H and O–H groups in total. The van der Waals surface area contributed by atoms with Gasteiger partial charge in [0.25, 0.3) is 0 Å². The second kappa shape index (κ2) is 7.61. The second-order valence-electron chi connectivity index (χ2n) is 7.53. The van der Waals surface area contributed by atoms with Gasteiger partial charge in [-0.05, 0) is 49.9 Å². The quantitative estimate of drug-likeness (QED) is 0.874. The lowest BCUT2D eigenvalue weighted by Crippen LogP contribution is -2.40. The van der Waals surface area contributed by atoms with E-state index in [1.807, 2.05) is 41.3 Å². The molecule has 142 valence electrons. The standard InChI is InChI=1S/C22H27N3O2/c1-16-14-17-6-2-4-8-20(17)25(16)22(27)15-23-19-7-3-5-9-21(19)24-12-10-18(26)11-13-24/h2-9,16,18,23,26H,10-15H2,1H3. The van der Waals surface area contributed by atoms with Gasteiger partial charge in [0.1, 0.15) is 0 Å². The number of fused-ring (bicyclic) bond motifs is 1. The van der Waals surface area contributed by atoms with Crippen molar-refractivity contribution in [2.24, 2.45) is 0 Å². The van der Waals surface area contributed by atoms with Crippen LogP contribution in [0.25, 0.3) is 0 Å². The lowest BCUT2D eigenvalue weighted by Gasteiger charge is -2.33. The summed E-state index contributed by atoms with van der Waals surface area (Å²) in [5.74, 6) is 0.0938. The first-order chi connectivity index (χ1) is 13.1. The molecule has 4 rings (SSSR count). The molecule has 1 unspecified atom stereocenters. The third kappa shape index (κ3) is 3.65. The van der Waals surface area contributed by atoms with Gasteiger partial charge in [0.2, 0.25) is 5.91 Å². The molecule has 2 aromatic rings. The lowest BCUT2D eigenvalue weighted by molar-refractivity contribution is -0.117. The number of benzene rings is 2. The molecule has 0 saturated carbocycles. The Bertz CT molecular complexity index is 815. The van der Waals surface area contributed by atoms with Crippen LogP contribution in [0.3, 0.4) is 0 Å². The van der Waals surface area contributed by atoms with Crippen LogP contribution in [0, 0.1) is 0 Å². The number of para-hydroxylation sites is 3. The van der Waals surface area contributed by atoms with Gasteiger partial charge in [0, 0.05) is 24.8 Å². The summed E-state index contributed by atoms with van der Waals surface area (Å²) in [6.07, 6.45) is 2.29. The first-order valence-electron chi connectivity index (χ1n) is 9.79. The minimum atomic E-state index is -0.195. The molecule has 2 aliphatic rings. The van der Waals surface area contributed by atoms with Crippen LogP contribution in [-0.2, 0) is 11.2 Å². The SMILES string of the molecule is CC1Cc2ccccc2N1C(=O)CNc1ccccc1N1CCC(O)CC1. The van der Waals surface area contributed by atoms with Gasteiger partial charge in [-0.1, -0.05) is 30.3 Å². The number of nitrogens with zero attached hydrogens (tertiary/aromatic N) is 2. The van der Waals surface area contributed by atoms with E-state index in [0.29, 0.717) is 0 Å². The zero-order valence-electron chi connectivity index (χ0n) is 15.8. The Morgan fingerprint density at radius 2 is 1.74 bits per heavy atom. The number of carbonyl (C=O) groups is 1. The number of aliphatic hydroxyl groups excluding tert-OH is 1. The van der Waals surface area contributed by atoms with E-state index in [9.17, 15) is 9.90 Å². The number of anilines is 3. The summed E-state index contributed by atoms with van der Waals surface area (Å²) in [6, 6.07) is 16.5. The van der Waals surface area contributed by atoms with Gasteiger partial charge in [0.05, 0.1) is 24.0 Å². The number of nitrogens with one attached hydrogen (secondary N) is 1. The molecular formula is C22H27N3O2. The zero-order valence-corrected chi connectivity index (χ0v) is 15.8. The first-order valence-corrected chi connectivity index (χ1v) is 9.79. The van der Waals surface area contributed by atoms with Gasteiger partial charge < -0.3 is 20.2 Å². The van der Waals surface area contributed by atoms with Gasteiger partial charge in [0.15, 0.2) is 0 Å². The Hall–Kier alpha value is -2.53. The minimum Gasteiger partial charge on any atom is -0.393 e. The summed E-state index contributed by atoms with van der Waals surface area (Å²) >= 11 is 0. The minimum absolute atomic E-state index is 0.0938. The third-order valence-electron chi connectivity index (χ3n) is 5.62. The number of aliphatic hydroxyl groups is 1. The summed E-state index contributed by atoms with van der Waals surface area (Å²) in [5.41, 5.74) is 4.36. The van der Waals surface area contributed by atoms with Crippen molar-refractivity contribution in [3.63, 3.8) is 0 Å². The molecule has 0 aliphatic carbocycles. The number of hydrogen-bond acceptors (Lipinski definition) is 4. The smallest absolute Gasteiger partial charge is 0.246 e. The van der Waals surface area contributed by atoms with Crippen molar-refractivity contribution in [2.75, 3.05) is 34.8 Å². The second-order valence-corrected chi connectivity index (χ2v) is 7.53. The summed E-state index contributed by atoms with van der Waals surface area (Å²) < 4.78 is 0. The molecule has 1 atom stereocenters. The predicted octanol–water partition coefficient (Wildman–Crippen LogP) is 3.04. The van der Waals surface area contributed by atoms with E-state index in [4.69, 9.17) is 0 Å². The monoisotopic (exact) mass is 365 g/mol. The van der Waals surface area contributed by atoms with Gasteiger partial charge in [-0.2, -0.15) is 0 Å². The molecule has 1 amide bonds. The van der Waals surface area contributed by atoms with E-state index in [0.717, 1.165) is 49.4 Å². The number of hydrogen-bond donors (Lipinski definition) is 2. The maximum atomic E-state index is 12.9. The first kappa shape index (κ1) is 17.9. The Kier molecular flexibility index (Phi) is 5.03. The van der Waals surface area contributed by atoms with Crippen LogP contribution in [0.4, 0.5) is 17.1 Å². The molecule has 2 heterocycles. The fourth-order valence-corrected chi connectivity index (χ4v) is 4.21. The van der Waals surface area contributed by atoms with E-state index in [2.05, 4.69) is 29.3 Å². The maximum absolute atomic E-state index is 12.9. The van der Waals surface area contributed by atoms with Crippen molar-refractivity contribution in [1.82, 2.24) is 0 Å². The van der Waals surface area contributed by atoms with E-state index in [1.165, 1.54) is 5.56 Å². The predicted molar refractivity (Wildman–Crippen MR) is 109 cm³/mol. The fraction of sp³-hybridized carbons (Fsp3) is 0.409. The van der Waals surface area contributed by atoms with Crippen molar-refractivity contribution in [3.05, 3.63) is 54.1 Å². The maximum Gasteiger partial charge on any atom is 0.246 e. The highest BCUT2D eigenvalue weighted by Gasteiger charge is 2.30. The summed E-state index contributed by atoms with van der Waals surface area (Å²) in [6.45, 7) is 4.05.